The molecule has 4 rings (SSSR count). The lowest BCUT2D eigenvalue weighted by atomic mass is 10.1. The van der Waals surface area contributed by atoms with Crippen LogP contribution < -0.4 is 4.90 Å². The van der Waals surface area contributed by atoms with Crippen LogP contribution in [0.4, 0.5) is 5.69 Å². The van der Waals surface area contributed by atoms with Crippen LogP contribution in [0.5, 0.6) is 0 Å². The van der Waals surface area contributed by atoms with Gasteiger partial charge in [-0.3, -0.25) is 0 Å². The molecule has 2 aromatic heterocycles. The molecule has 118 valence electrons. The number of likely N-dealkylation sites (N-methyl/N-ethyl adjacent to an activating group) is 1. The maximum Gasteiger partial charge on any atom is 0.157 e. The van der Waals surface area contributed by atoms with E-state index in [1.54, 1.807) is 0 Å². The Kier molecular flexibility index (Phi) is 3.79. The number of benzene rings is 1. The van der Waals surface area contributed by atoms with E-state index in [4.69, 9.17) is 4.98 Å². The molecule has 1 saturated heterocycles. The van der Waals surface area contributed by atoms with Crippen molar-refractivity contribution >= 4 is 32.8 Å². The van der Waals surface area contributed by atoms with Crippen molar-refractivity contribution in [1.29, 1.82) is 0 Å². The average Bonchev–Trinajstić information content (AvgIpc) is 2.96. The van der Waals surface area contributed by atoms with Gasteiger partial charge in [0, 0.05) is 43.6 Å². The third-order valence-electron chi connectivity index (χ3n) is 4.37. The number of piperazine rings is 1. The van der Waals surface area contributed by atoms with Crippen LogP contribution in [0.3, 0.4) is 0 Å². The third kappa shape index (κ3) is 2.84. The van der Waals surface area contributed by atoms with Crippen molar-refractivity contribution in [1.82, 2.24) is 19.9 Å². The summed E-state index contributed by atoms with van der Waals surface area (Å²) in [6, 6.07) is 8.62. The van der Waals surface area contributed by atoms with Gasteiger partial charge in [-0.2, -0.15) is 0 Å². The first-order valence-corrected chi connectivity index (χ1v) is 8.53. The molecule has 5 nitrogen and oxygen atoms in total. The van der Waals surface area contributed by atoms with E-state index in [9.17, 15) is 0 Å². The van der Waals surface area contributed by atoms with Gasteiger partial charge in [-0.1, -0.05) is 12.1 Å². The van der Waals surface area contributed by atoms with Crippen LogP contribution in [0.2, 0.25) is 0 Å². The van der Waals surface area contributed by atoms with Crippen LogP contribution in [0.25, 0.3) is 22.4 Å². The van der Waals surface area contributed by atoms with E-state index in [0.29, 0.717) is 0 Å². The number of aromatic amines is 1. The molecule has 0 radical (unpaired) electrons. The summed E-state index contributed by atoms with van der Waals surface area (Å²) in [4.78, 5) is 17.0. The minimum atomic E-state index is 0.801. The number of anilines is 1. The van der Waals surface area contributed by atoms with E-state index in [-0.39, 0.29) is 0 Å². The van der Waals surface area contributed by atoms with Gasteiger partial charge in [0.15, 0.2) is 5.65 Å². The molecule has 0 atom stereocenters. The Bertz CT molecular complexity index is 819. The normalized spacial score (nSPS) is 16.2. The van der Waals surface area contributed by atoms with Gasteiger partial charge in [0.2, 0.25) is 0 Å². The maximum absolute atomic E-state index is 4.70. The van der Waals surface area contributed by atoms with Crippen LogP contribution >= 0.6 is 15.9 Å². The first-order chi connectivity index (χ1) is 11.2. The Morgan fingerprint density at radius 2 is 1.83 bits per heavy atom. The van der Waals surface area contributed by atoms with Gasteiger partial charge >= 0.3 is 0 Å². The minimum absolute atomic E-state index is 0.801. The number of fused-ring (bicyclic) bond motifs is 1. The van der Waals surface area contributed by atoms with E-state index in [2.05, 4.69) is 67.0 Å². The molecular weight excluding hydrogens is 354 g/mol. The molecule has 23 heavy (non-hydrogen) atoms. The second kappa shape index (κ2) is 5.94. The Labute approximate surface area is 143 Å². The van der Waals surface area contributed by atoms with Crippen molar-refractivity contribution in [2.75, 3.05) is 38.1 Å². The minimum Gasteiger partial charge on any atom is -0.369 e. The molecule has 1 N–H and O–H groups in total. The molecule has 3 heterocycles. The lowest BCUT2D eigenvalue weighted by Gasteiger charge is -2.34. The number of aromatic nitrogens is 3. The highest BCUT2D eigenvalue weighted by molar-refractivity contribution is 9.10. The molecule has 0 bridgehead atoms. The monoisotopic (exact) mass is 371 g/mol. The molecule has 0 aliphatic carbocycles. The summed E-state index contributed by atoms with van der Waals surface area (Å²) in [7, 11) is 2.17. The number of rotatable bonds is 2. The van der Waals surface area contributed by atoms with E-state index in [1.807, 2.05) is 12.4 Å². The average molecular weight is 372 g/mol. The van der Waals surface area contributed by atoms with Gasteiger partial charge < -0.3 is 14.8 Å². The number of halogens is 1. The molecule has 1 aliphatic rings. The van der Waals surface area contributed by atoms with Crippen LogP contribution in [0.1, 0.15) is 0 Å². The van der Waals surface area contributed by atoms with Crippen molar-refractivity contribution in [2.24, 2.45) is 0 Å². The summed E-state index contributed by atoms with van der Waals surface area (Å²) in [6.07, 6.45) is 3.68. The highest BCUT2D eigenvalue weighted by atomic mass is 79.9. The number of nitrogens with zero attached hydrogens (tertiary/aromatic N) is 4. The van der Waals surface area contributed by atoms with Crippen LogP contribution in [-0.4, -0.2) is 53.1 Å². The SMILES string of the molecule is CN1CCN(c2ccc(-c3cnc4[nH]cc(Br)c4n3)cc2)CC1. The van der Waals surface area contributed by atoms with E-state index in [1.165, 1.54) is 5.69 Å². The first-order valence-electron chi connectivity index (χ1n) is 7.74. The zero-order chi connectivity index (χ0) is 15.8. The fourth-order valence-corrected chi connectivity index (χ4v) is 3.30. The Morgan fingerprint density at radius 1 is 1.09 bits per heavy atom. The van der Waals surface area contributed by atoms with Crippen molar-refractivity contribution in [2.45, 2.75) is 0 Å². The lowest BCUT2D eigenvalue weighted by molar-refractivity contribution is 0.313. The molecule has 6 heteroatoms. The van der Waals surface area contributed by atoms with Crippen LogP contribution in [0, 0.1) is 0 Å². The fraction of sp³-hybridized carbons (Fsp3) is 0.294. The zero-order valence-corrected chi connectivity index (χ0v) is 14.5. The smallest absolute Gasteiger partial charge is 0.157 e. The molecule has 0 spiro atoms. The van der Waals surface area contributed by atoms with E-state index in [0.717, 1.165) is 53.1 Å². The molecule has 1 fully saturated rings. The standard InChI is InChI=1S/C17H18BrN5/c1-22-6-8-23(9-7-22)13-4-2-12(3-5-13)15-11-20-17-16(21-15)14(18)10-19-17/h2-5,10-11H,6-9H2,1H3,(H,19,20). The summed E-state index contributed by atoms with van der Waals surface area (Å²) in [5.74, 6) is 0. The van der Waals surface area contributed by atoms with Crippen LogP contribution in [-0.2, 0) is 0 Å². The number of hydrogen-bond acceptors (Lipinski definition) is 4. The second-order valence-electron chi connectivity index (χ2n) is 5.93. The summed E-state index contributed by atoms with van der Waals surface area (Å²) in [5, 5.41) is 0. The van der Waals surface area contributed by atoms with E-state index >= 15 is 0 Å². The van der Waals surface area contributed by atoms with Gasteiger partial charge in [-0.05, 0) is 35.1 Å². The summed E-state index contributed by atoms with van der Waals surface area (Å²) >= 11 is 3.50. The van der Waals surface area contributed by atoms with Crippen molar-refractivity contribution < 1.29 is 0 Å². The molecular formula is C17H18BrN5. The molecule has 0 unspecified atom stereocenters. The predicted molar refractivity (Wildman–Crippen MR) is 96.7 cm³/mol. The lowest BCUT2D eigenvalue weighted by Crippen LogP contribution is -2.44. The van der Waals surface area contributed by atoms with Crippen molar-refractivity contribution in [3.05, 3.63) is 41.1 Å². The largest absolute Gasteiger partial charge is 0.369 e. The summed E-state index contributed by atoms with van der Waals surface area (Å²) in [5.41, 5.74) is 4.92. The maximum atomic E-state index is 4.70. The Morgan fingerprint density at radius 3 is 2.57 bits per heavy atom. The topological polar surface area (TPSA) is 48.0 Å². The highest BCUT2D eigenvalue weighted by Crippen LogP contribution is 2.26. The van der Waals surface area contributed by atoms with Gasteiger partial charge in [0.05, 0.1) is 16.4 Å². The third-order valence-corrected chi connectivity index (χ3v) is 4.97. The number of H-pyrrole nitrogens is 1. The number of nitrogens with one attached hydrogen (secondary N) is 1. The Hall–Kier alpha value is -1.92. The van der Waals surface area contributed by atoms with E-state index < -0.39 is 0 Å². The van der Waals surface area contributed by atoms with Gasteiger partial charge in [0.25, 0.3) is 0 Å². The van der Waals surface area contributed by atoms with Crippen molar-refractivity contribution in [3.63, 3.8) is 0 Å². The summed E-state index contributed by atoms with van der Waals surface area (Å²) in [6.45, 7) is 4.40. The van der Waals surface area contributed by atoms with Gasteiger partial charge in [0.1, 0.15) is 5.52 Å². The quantitative estimate of drug-likeness (QED) is 0.751. The van der Waals surface area contributed by atoms with Gasteiger partial charge in [-0.25, -0.2) is 9.97 Å². The fourth-order valence-electron chi connectivity index (χ4n) is 2.91. The molecule has 0 amide bonds. The van der Waals surface area contributed by atoms with Crippen LogP contribution in [0.15, 0.2) is 41.1 Å². The zero-order valence-electron chi connectivity index (χ0n) is 13.0. The predicted octanol–water partition coefficient (Wildman–Crippen LogP) is 3.14. The highest BCUT2D eigenvalue weighted by Gasteiger charge is 2.14. The molecule has 1 aromatic carbocycles. The van der Waals surface area contributed by atoms with Crippen molar-refractivity contribution in [3.8, 4) is 11.3 Å². The number of hydrogen-bond donors (Lipinski definition) is 1. The second-order valence-corrected chi connectivity index (χ2v) is 6.78. The first kappa shape index (κ1) is 14.7. The molecule has 0 saturated carbocycles. The molecule has 3 aromatic rings. The Balaban J connectivity index is 1.60. The molecule has 1 aliphatic heterocycles. The van der Waals surface area contributed by atoms with Gasteiger partial charge in [-0.15, -0.1) is 0 Å². The summed E-state index contributed by atoms with van der Waals surface area (Å²) < 4.78 is 0.941.